The van der Waals surface area contributed by atoms with Crippen molar-refractivity contribution in [1.82, 2.24) is 14.4 Å². The van der Waals surface area contributed by atoms with Gasteiger partial charge < -0.3 is 14.6 Å². The Morgan fingerprint density at radius 3 is 2.67 bits per heavy atom. The minimum absolute atomic E-state index is 0.0135. The summed E-state index contributed by atoms with van der Waals surface area (Å²) in [6, 6.07) is 9.83. The molecular weight excluding hydrogens is 304 g/mol. The van der Waals surface area contributed by atoms with E-state index in [0.717, 1.165) is 24.0 Å². The van der Waals surface area contributed by atoms with E-state index in [9.17, 15) is 9.90 Å². The van der Waals surface area contributed by atoms with Crippen LogP contribution in [-0.4, -0.2) is 64.2 Å². The number of benzene rings is 1. The maximum absolute atomic E-state index is 12.9. The summed E-state index contributed by atoms with van der Waals surface area (Å²) in [5.41, 5.74) is 1.57. The number of para-hydroxylation sites is 1. The van der Waals surface area contributed by atoms with Crippen LogP contribution in [0.2, 0.25) is 0 Å². The van der Waals surface area contributed by atoms with Gasteiger partial charge in [-0.1, -0.05) is 18.2 Å². The minimum atomic E-state index is -0.351. The molecule has 1 N–H and O–H groups in total. The molecule has 1 aromatic carbocycles. The summed E-state index contributed by atoms with van der Waals surface area (Å²) in [5.74, 6) is 0.0135. The topological polar surface area (TPSA) is 72.5 Å². The highest BCUT2D eigenvalue weighted by atomic mass is 16.3. The summed E-state index contributed by atoms with van der Waals surface area (Å²) in [6.07, 6.45) is 1.44. The Kier molecular flexibility index (Phi) is 4.84. The molecule has 0 saturated carbocycles. The summed E-state index contributed by atoms with van der Waals surface area (Å²) in [4.78, 5) is 17.0. The molecule has 0 unspecified atom stereocenters. The fourth-order valence-electron chi connectivity index (χ4n) is 3.30. The molecule has 0 radical (unpaired) electrons. The van der Waals surface area contributed by atoms with Crippen LogP contribution in [-0.2, 0) is 6.54 Å². The molecule has 0 spiro atoms. The number of amides is 1. The molecule has 1 aliphatic heterocycles. The van der Waals surface area contributed by atoms with Gasteiger partial charge in [0.2, 0.25) is 0 Å². The van der Waals surface area contributed by atoms with Crippen LogP contribution in [0.1, 0.15) is 17.3 Å². The van der Waals surface area contributed by atoms with Gasteiger partial charge in [0.25, 0.3) is 5.91 Å². The van der Waals surface area contributed by atoms with Crippen LogP contribution in [0, 0.1) is 11.3 Å². The van der Waals surface area contributed by atoms with Gasteiger partial charge >= 0.3 is 0 Å². The monoisotopic (exact) mass is 326 g/mol. The van der Waals surface area contributed by atoms with Crippen molar-refractivity contribution in [2.45, 2.75) is 19.6 Å². The van der Waals surface area contributed by atoms with Crippen LogP contribution in [0.4, 0.5) is 0 Å². The summed E-state index contributed by atoms with van der Waals surface area (Å²) < 4.78 is 1.83. The number of nitrogens with zero attached hydrogens (tertiary/aromatic N) is 4. The van der Waals surface area contributed by atoms with E-state index in [1.54, 1.807) is 13.1 Å². The number of rotatable bonds is 4. The molecule has 6 heteroatoms. The van der Waals surface area contributed by atoms with Crippen molar-refractivity contribution in [2.24, 2.45) is 0 Å². The van der Waals surface area contributed by atoms with Crippen LogP contribution in [0.3, 0.4) is 0 Å². The first-order valence-electron chi connectivity index (χ1n) is 8.24. The van der Waals surface area contributed by atoms with E-state index in [4.69, 9.17) is 5.26 Å². The number of hydrogen-bond donors (Lipinski definition) is 1. The summed E-state index contributed by atoms with van der Waals surface area (Å²) in [6.45, 7) is 5.51. The minimum Gasteiger partial charge on any atom is -0.392 e. The Balaban J connectivity index is 1.79. The predicted octanol–water partition coefficient (Wildman–Crippen LogP) is 1.30. The zero-order valence-electron chi connectivity index (χ0n) is 13.9. The fourth-order valence-corrected chi connectivity index (χ4v) is 3.30. The van der Waals surface area contributed by atoms with Crippen LogP contribution < -0.4 is 0 Å². The smallest absolute Gasteiger partial charge is 0.256 e. The summed E-state index contributed by atoms with van der Waals surface area (Å²) in [5, 5.41) is 19.4. The molecular formula is C18H22N4O2. The average molecular weight is 326 g/mol. The number of hydrogen-bond acceptors (Lipinski definition) is 4. The zero-order chi connectivity index (χ0) is 17.1. The number of fused-ring (bicyclic) bond motifs is 1. The van der Waals surface area contributed by atoms with Gasteiger partial charge in [-0.25, -0.2) is 0 Å². The molecule has 2 heterocycles. The van der Waals surface area contributed by atoms with Crippen LogP contribution in [0.15, 0.2) is 30.5 Å². The predicted molar refractivity (Wildman–Crippen MR) is 91.6 cm³/mol. The Morgan fingerprint density at radius 2 is 2.00 bits per heavy atom. The number of nitriles is 1. The van der Waals surface area contributed by atoms with E-state index in [2.05, 4.69) is 11.0 Å². The van der Waals surface area contributed by atoms with Gasteiger partial charge in [-0.3, -0.25) is 9.69 Å². The molecule has 1 saturated heterocycles. The van der Waals surface area contributed by atoms with Crippen LogP contribution >= 0.6 is 0 Å². The lowest BCUT2D eigenvalue weighted by atomic mass is 10.1. The van der Waals surface area contributed by atoms with Crippen molar-refractivity contribution >= 4 is 16.8 Å². The summed E-state index contributed by atoms with van der Waals surface area (Å²) >= 11 is 0. The van der Waals surface area contributed by atoms with Crippen LogP contribution in [0.25, 0.3) is 10.9 Å². The Labute approximate surface area is 141 Å². The number of β-amino-alcohol motifs (C(OH)–C–C–N with tert-alkyl or cyclic N) is 1. The van der Waals surface area contributed by atoms with Gasteiger partial charge in [0.1, 0.15) is 6.54 Å². The van der Waals surface area contributed by atoms with Gasteiger partial charge in [0.05, 0.1) is 17.7 Å². The van der Waals surface area contributed by atoms with Crippen molar-refractivity contribution in [3.63, 3.8) is 0 Å². The fraction of sp³-hybridized carbons (Fsp3) is 0.444. The Hall–Kier alpha value is -2.36. The zero-order valence-corrected chi connectivity index (χ0v) is 13.9. The number of aliphatic hydroxyl groups excluding tert-OH is 1. The first-order chi connectivity index (χ1) is 11.6. The van der Waals surface area contributed by atoms with E-state index in [-0.39, 0.29) is 18.6 Å². The maximum atomic E-state index is 12.9. The van der Waals surface area contributed by atoms with E-state index in [1.807, 2.05) is 33.7 Å². The summed E-state index contributed by atoms with van der Waals surface area (Å²) in [7, 11) is 0. The highest BCUT2D eigenvalue weighted by Gasteiger charge is 2.25. The molecule has 1 aromatic heterocycles. The molecule has 1 atom stereocenters. The van der Waals surface area contributed by atoms with Gasteiger partial charge in [0, 0.05) is 49.8 Å². The third kappa shape index (κ3) is 3.28. The standard InChI is InChI=1S/C18H22N4O2/c1-14(23)12-20-8-10-21(11-9-20)18(24)16-13-22(7-6-19)17-5-3-2-4-15(16)17/h2-5,13-14,23H,7-12H2,1H3/t14-/m1/s1. The largest absolute Gasteiger partial charge is 0.392 e. The lowest BCUT2D eigenvalue weighted by Gasteiger charge is -2.35. The van der Waals surface area contributed by atoms with E-state index in [1.165, 1.54) is 0 Å². The molecule has 3 rings (SSSR count). The molecule has 1 aliphatic rings. The molecule has 0 bridgehead atoms. The SMILES string of the molecule is C[C@@H](O)CN1CCN(C(=O)c2cn(CC#N)c3ccccc23)CC1. The van der Waals surface area contributed by atoms with E-state index >= 15 is 0 Å². The van der Waals surface area contributed by atoms with Crippen molar-refractivity contribution in [3.8, 4) is 6.07 Å². The quantitative estimate of drug-likeness (QED) is 0.919. The Bertz CT molecular complexity index is 767. The third-order valence-corrected chi connectivity index (χ3v) is 4.44. The van der Waals surface area contributed by atoms with Crippen molar-refractivity contribution < 1.29 is 9.90 Å². The lowest BCUT2D eigenvalue weighted by Crippen LogP contribution is -2.50. The molecule has 0 aliphatic carbocycles. The van der Waals surface area contributed by atoms with Crippen molar-refractivity contribution in [3.05, 3.63) is 36.0 Å². The van der Waals surface area contributed by atoms with Crippen LogP contribution in [0.5, 0.6) is 0 Å². The molecule has 1 amide bonds. The number of piperazine rings is 1. The third-order valence-electron chi connectivity index (χ3n) is 4.44. The number of aliphatic hydroxyl groups is 1. The molecule has 24 heavy (non-hydrogen) atoms. The Morgan fingerprint density at radius 1 is 1.29 bits per heavy atom. The van der Waals surface area contributed by atoms with Gasteiger partial charge in [-0.05, 0) is 13.0 Å². The van der Waals surface area contributed by atoms with Crippen molar-refractivity contribution in [1.29, 1.82) is 5.26 Å². The first-order valence-corrected chi connectivity index (χ1v) is 8.24. The molecule has 2 aromatic rings. The molecule has 1 fully saturated rings. The number of aromatic nitrogens is 1. The average Bonchev–Trinajstić information content (AvgIpc) is 2.94. The maximum Gasteiger partial charge on any atom is 0.256 e. The molecule has 126 valence electrons. The number of carbonyl (C=O) groups excluding carboxylic acids is 1. The second kappa shape index (κ2) is 7.04. The van der Waals surface area contributed by atoms with Crippen molar-refractivity contribution in [2.75, 3.05) is 32.7 Å². The first kappa shape index (κ1) is 16.5. The van der Waals surface area contributed by atoms with Gasteiger partial charge in [0.15, 0.2) is 0 Å². The van der Waals surface area contributed by atoms with Gasteiger partial charge in [-0.15, -0.1) is 0 Å². The van der Waals surface area contributed by atoms with E-state index < -0.39 is 0 Å². The second-order valence-corrected chi connectivity index (χ2v) is 6.29. The molecule has 6 nitrogen and oxygen atoms in total. The second-order valence-electron chi connectivity index (χ2n) is 6.29. The van der Waals surface area contributed by atoms with Gasteiger partial charge in [-0.2, -0.15) is 5.26 Å². The van der Waals surface area contributed by atoms with E-state index in [0.29, 0.717) is 25.2 Å². The lowest BCUT2D eigenvalue weighted by molar-refractivity contribution is 0.0555. The highest BCUT2D eigenvalue weighted by Crippen LogP contribution is 2.23. The number of carbonyl (C=O) groups is 1. The highest BCUT2D eigenvalue weighted by molar-refractivity contribution is 6.07. The normalized spacial score (nSPS) is 17.0.